The van der Waals surface area contributed by atoms with Gasteiger partial charge in [-0.05, 0) is 12.1 Å². The van der Waals surface area contributed by atoms with E-state index in [0.717, 1.165) is 41.5 Å². The molecule has 1 aromatic carbocycles. The van der Waals surface area contributed by atoms with Crippen LogP contribution in [0.5, 0.6) is 0 Å². The molecule has 2 N–H and O–H groups in total. The topological polar surface area (TPSA) is 95.9 Å². The summed E-state index contributed by atoms with van der Waals surface area (Å²) in [4.78, 5) is 4.64. The molecule has 0 amide bonds. The maximum Gasteiger partial charge on any atom is 0.158 e. The minimum atomic E-state index is -0.269. The van der Waals surface area contributed by atoms with E-state index in [1.54, 1.807) is 10.7 Å². The van der Waals surface area contributed by atoms with Crippen molar-refractivity contribution in [2.45, 2.75) is 12.0 Å². The van der Waals surface area contributed by atoms with Crippen LogP contribution < -0.4 is 10.6 Å². The molecule has 8 heteroatoms. The van der Waals surface area contributed by atoms with Crippen LogP contribution in [0.3, 0.4) is 0 Å². The smallest absolute Gasteiger partial charge is 0.158 e. The number of rotatable bonds is 5. The quantitative estimate of drug-likeness (QED) is 0.560. The molecule has 0 saturated carbocycles. The molecule has 0 radical (unpaired) electrons. The van der Waals surface area contributed by atoms with Crippen molar-refractivity contribution in [2.75, 3.05) is 18.4 Å². The van der Waals surface area contributed by atoms with Crippen LogP contribution >= 0.6 is 0 Å². The Hall–Kier alpha value is -3.70. The molecule has 4 aromatic rings. The fourth-order valence-corrected chi connectivity index (χ4v) is 3.50. The normalized spacial score (nSPS) is 15.1. The van der Waals surface area contributed by atoms with Crippen LogP contribution in [-0.2, 0) is 5.54 Å². The van der Waals surface area contributed by atoms with Crippen molar-refractivity contribution in [1.29, 1.82) is 5.26 Å². The Morgan fingerprint density at radius 1 is 1.18 bits per heavy atom. The molecular formula is C20H18N8. The number of aromatic nitrogens is 5. The van der Waals surface area contributed by atoms with Gasteiger partial charge in [-0.3, -0.25) is 4.68 Å². The Morgan fingerprint density at radius 3 is 2.79 bits per heavy atom. The van der Waals surface area contributed by atoms with Crippen molar-refractivity contribution in [2.24, 2.45) is 0 Å². The van der Waals surface area contributed by atoms with Gasteiger partial charge in [-0.15, -0.1) is 0 Å². The SMILES string of the molecule is N#CCC1(n2cc(-c3cc(Nc4ccccc4)nc4ccnn34)cn2)CNC1. The molecule has 4 heterocycles. The van der Waals surface area contributed by atoms with Gasteiger partial charge >= 0.3 is 0 Å². The zero-order chi connectivity index (χ0) is 19.0. The van der Waals surface area contributed by atoms with E-state index >= 15 is 0 Å². The number of nitriles is 1. The second-order valence-corrected chi connectivity index (χ2v) is 6.96. The molecule has 0 atom stereocenters. The highest BCUT2D eigenvalue weighted by Gasteiger charge is 2.39. The van der Waals surface area contributed by atoms with Crippen molar-refractivity contribution in [3.63, 3.8) is 0 Å². The van der Waals surface area contributed by atoms with Gasteiger partial charge in [0.05, 0.1) is 30.6 Å². The largest absolute Gasteiger partial charge is 0.340 e. The van der Waals surface area contributed by atoms with Crippen LogP contribution in [0.4, 0.5) is 11.5 Å². The number of anilines is 2. The Morgan fingerprint density at radius 2 is 2.04 bits per heavy atom. The standard InChI is InChI=1S/C20H18N8/c21-8-7-20(13-22-14-20)27-12-15(11-24-27)17-10-18(25-16-4-2-1-3-5-16)26-19-6-9-23-28(17)19/h1-6,9-12,22H,7,13-14H2,(H,25,26). The summed E-state index contributed by atoms with van der Waals surface area (Å²) < 4.78 is 3.70. The van der Waals surface area contributed by atoms with Gasteiger partial charge in [0.15, 0.2) is 5.65 Å². The summed E-state index contributed by atoms with van der Waals surface area (Å²) in [6, 6.07) is 16.0. The summed E-state index contributed by atoms with van der Waals surface area (Å²) in [5.74, 6) is 0.735. The first kappa shape index (κ1) is 16.5. The van der Waals surface area contributed by atoms with Gasteiger partial charge in [-0.1, -0.05) is 18.2 Å². The van der Waals surface area contributed by atoms with Gasteiger partial charge in [-0.25, -0.2) is 9.50 Å². The highest BCUT2D eigenvalue weighted by molar-refractivity contribution is 5.68. The van der Waals surface area contributed by atoms with E-state index in [4.69, 9.17) is 0 Å². The van der Waals surface area contributed by atoms with Crippen LogP contribution in [0.15, 0.2) is 61.1 Å². The summed E-state index contributed by atoms with van der Waals surface area (Å²) in [6.07, 6.45) is 5.96. The molecule has 3 aromatic heterocycles. The van der Waals surface area contributed by atoms with Gasteiger partial charge < -0.3 is 10.6 Å². The first-order valence-electron chi connectivity index (χ1n) is 9.07. The predicted molar refractivity (Wildman–Crippen MR) is 105 cm³/mol. The van der Waals surface area contributed by atoms with E-state index in [1.807, 2.05) is 59.5 Å². The van der Waals surface area contributed by atoms with Crippen LogP contribution in [0.2, 0.25) is 0 Å². The zero-order valence-electron chi connectivity index (χ0n) is 15.1. The lowest BCUT2D eigenvalue weighted by Gasteiger charge is -2.41. The molecule has 1 aliphatic rings. The van der Waals surface area contributed by atoms with Crippen molar-refractivity contribution in [3.05, 3.63) is 61.1 Å². The molecular weight excluding hydrogens is 352 g/mol. The van der Waals surface area contributed by atoms with E-state index in [9.17, 15) is 5.26 Å². The Labute approximate surface area is 161 Å². The van der Waals surface area contributed by atoms with Crippen molar-refractivity contribution in [3.8, 4) is 17.3 Å². The summed E-state index contributed by atoms with van der Waals surface area (Å²) in [5.41, 5.74) is 3.26. The Bertz CT molecular complexity index is 1160. The summed E-state index contributed by atoms with van der Waals surface area (Å²) >= 11 is 0. The first-order chi connectivity index (χ1) is 13.8. The predicted octanol–water partition coefficient (Wildman–Crippen LogP) is 2.55. The molecule has 0 spiro atoms. The van der Waals surface area contributed by atoms with Gasteiger partial charge in [0, 0.05) is 42.7 Å². The molecule has 1 fully saturated rings. The minimum absolute atomic E-state index is 0.269. The van der Waals surface area contributed by atoms with Crippen molar-refractivity contribution >= 4 is 17.2 Å². The molecule has 1 aliphatic heterocycles. The first-order valence-corrected chi connectivity index (χ1v) is 9.07. The number of nitrogens with one attached hydrogen (secondary N) is 2. The summed E-state index contributed by atoms with van der Waals surface area (Å²) in [7, 11) is 0. The highest BCUT2D eigenvalue weighted by atomic mass is 15.4. The molecule has 0 bridgehead atoms. The van der Waals surface area contributed by atoms with Crippen molar-refractivity contribution in [1.82, 2.24) is 29.7 Å². The third-order valence-electron chi connectivity index (χ3n) is 5.09. The molecule has 138 valence electrons. The van der Waals surface area contributed by atoms with Gasteiger partial charge in [0.25, 0.3) is 0 Å². The van der Waals surface area contributed by atoms with Gasteiger partial charge in [0.1, 0.15) is 11.4 Å². The fraction of sp³-hybridized carbons (Fsp3) is 0.200. The molecule has 5 rings (SSSR count). The Kier molecular flexibility index (Phi) is 3.81. The number of fused-ring (bicyclic) bond motifs is 1. The molecule has 28 heavy (non-hydrogen) atoms. The molecule has 0 aliphatic carbocycles. The average Bonchev–Trinajstić information content (AvgIpc) is 3.34. The van der Waals surface area contributed by atoms with E-state index in [1.165, 1.54) is 0 Å². The monoisotopic (exact) mass is 370 g/mol. The summed E-state index contributed by atoms with van der Waals surface area (Å²) in [6.45, 7) is 1.49. The van der Waals surface area contributed by atoms with Crippen LogP contribution in [0, 0.1) is 11.3 Å². The number of hydrogen-bond donors (Lipinski definition) is 2. The van der Waals surface area contributed by atoms with Crippen LogP contribution in [-0.4, -0.2) is 37.5 Å². The second-order valence-electron chi connectivity index (χ2n) is 6.96. The van der Waals surface area contributed by atoms with E-state index in [-0.39, 0.29) is 5.54 Å². The fourth-order valence-electron chi connectivity index (χ4n) is 3.50. The van der Waals surface area contributed by atoms with E-state index in [2.05, 4.69) is 31.9 Å². The third-order valence-corrected chi connectivity index (χ3v) is 5.09. The lowest BCUT2D eigenvalue weighted by Crippen LogP contribution is -2.60. The maximum absolute atomic E-state index is 9.19. The zero-order valence-corrected chi connectivity index (χ0v) is 15.1. The highest BCUT2D eigenvalue weighted by Crippen LogP contribution is 2.29. The Balaban J connectivity index is 1.56. The van der Waals surface area contributed by atoms with E-state index in [0.29, 0.717) is 6.42 Å². The molecule has 8 nitrogen and oxygen atoms in total. The van der Waals surface area contributed by atoms with Crippen LogP contribution in [0.1, 0.15) is 6.42 Å². The maximum atomic E-state index is 9.19. The second kappa shape index (κ2) is 6.48. The van der Waals surface area contributed by atoms with Gasteiger partial charge in [0.2, 0.25) is 0 Å². The van der Waals surface area contributed by atoms with Crippen molar-refractivity contribution < 1.29 is 0 Å². The van der Waals surface area contributed by atoms with Gasteiger partial charge in [-0.2, -0.15) is 15.5 Å². The minimum Gasteiger partial charge on any atom is -0.340 e. The van der Waals surface area contributed by atoms with Crippen LogP contribution in [0.25, 0.3) is 16.9 Å². The number of hydrogen-bond acceptors (Lipinski definition) is 6. The third kappa shape index (κ3) is 2.69. The molecule has 0 unspecified atom stereocenters. The lowest BCUT2D eigenvalue weighted by molar-refractivity contribution is 0.160. The summed E-state index contributed by atoms with van der Waals surface area (Å²) in [5, 5.41) is 24.7. The van der Waals surface area contributed by atoms with E-state index < -0.39 is 0 Å². The average molecular weight is 370 g/mol. The number of para-hydroxylation sites is 1. The number of benzene rings is 1. The molecule has 1 saturated heterocycles. The lowest BCUT2D eigenvalue weighted by atomic mass is 9.89. The number of nitrogens with zero attached hydrogens (tertiary/aromatic N) is 6.